The van der Waals surface area contributed by atoms with E-state index in [1.807, 2.05) is 12.1 Å². The second kappa shape index (κ2) is 12.6. The number of rotatable bonds is 8. The first-order valence-corrected chi connectivity index (χ1v) is 12.3. The van der Waals surface area contributed by atoms with E-state index in [2.05, 4.69) is 51.8 Å². The molecule has 1 aliphatic rings. The zero-order chi connectivity index (χ0) is 24.3. The third kappa shape index (κ3) is 7.34. The average Bonchev–Trinajstić information content (AvgIpc) is 3.38. The fraction of sp³-hybridized carbons (Fsp3) is 0.276. The van der Waals surface area contributed by atoms with Gasteiger partial charge in [0.05, 0.1) is 0 Å². The molecule has 35 heavy (non-hydrogen) atoms. The quantitative estimate of drug-likeness (QED) is 0.351. The van der Waals surface area contributed by atoms with Gasteiger partial charge in [0, 0.05) is 36.5 Å². The second-order valence-corrected chi connectivity index (χ2v) is 8.71. The monoisotopic (exact) mass is 469 g/mol. The van der Waals surface area contributed by atoms with Crippen LogP contribution in [0.3, 0.4) is 0 Å². The molecule has 1 aliphatic carbocycles. The standard InChI is InChI=1S/C29H32FN5/c30-25-13-11-23(12-14-25)20-33-26-15-16-27(29(31)17-18-35-22-32-21-34-35)28(19-26)24-9-7-5-3-1-2-4-6-8-10-24/h3,5,7,9-16,19,21-22,31,33H,1-2,4,6,8,17-18,20H2/b5-3+,9-7-,24-10-,31-29?. The van der Waals surface area contributed by atoms with Crippen LogP contribution in [0.15, 0.2) is 85.5 Å². The molecule has 0 saturated heterocycles. The minimum absolute atomic E-state index is 0.232. The first kappa shape index (κ1) is 24.3. The van der Waals surface area contributed by atoms with Crippen molar-refractivity contribution in [3.8, 4) is 0 Å². The van der Waals surface area contributed by atoms with Gasteiger partial charge in [-0.1, -0.05) is 55.0 Å². The summed E-state index contributed by atoms with van der Waals surface area (Å²) in [4.78, 5) is 4.00. The number of benzene rings is 2. The number of hydrogen-bond acceptors (Lipinski definition) is 4. The van der Waals surface area contributed by atoms with E-state index in [0.717, 1.165) is 47.2 Å². The zero-order valence-corrected chi connectivity index (χ0v) is 20.0. The molecule has 180 valence electrons. The third-order valence-corrected chi connectivity index (χ3v) is 6.09. The zero-order valence-electron chi connectivity index (χ0n) is 20.0. The van der Waals surface area contributed by atoms with Crippen LogP contribution in [-0.4, -0.2) is 20.5 Å². The number of aryl methyl sites for hydroxylation is 1. The summed E-state index contributed by atoms with van der Waals surface area (Å²) in [6.45, 7) is 1.21. The molecule has 0 fully saturated rings. The maximum absolute atomic E-state index is 13.3. The molecule has 0 saturated carbocycles. The van der Waals surface area contributed by atoms with Crippen molar-refractivity contribution < 1.29 is 4.39 Å². The summed E-state index contributed by atoms with van der Waals surface area (Å²) in [6.07, 6.45) is 20.4. The molecule has 3 aromatic rings. The van der Waals surface area contributed by atoms with Gasteiger partial charge >= 0.3 is 0 Å². The van der Waals surface area contributed by atoms with Gasteiger partial charge in [-0.05, 0) is 66.6 Å². The number of halogens is 1. The Bertz CT molecular complexity index is 1190. The molecule has 2 aromatic carbocycles. The highest BCUT2D eigenvalue weighted by atomic mass is 19.1. The van der Waals surface area contributed by atoms with Crippen molar-refractivity contribution in [1.82, 2.24) is 14.8 Å². The smallest absolute Gasteiger partial charge is 0.137 e. The lowest BCUT2D eigenvalue weighted by Crippen LogP contribution is -2.09. The molecule has 2 N–H and O–H groups in total. The topological polar surface area (TPSA) is 66.6 Å². The van der Waals surface area contributed by atoms with Crippen LogP contribution >= 0.6 is 0 Å². The minimum Gasteiger partial charge on any atom is -0.381 e. The molecule has 0 spiro atoms. The summed E-state index contributed by atoms with van der Waals surface area (Å²) in [7, 11) is 0. The van der Waals surface area contributed by atoms with E-state index in [9.17, 15) is 4.39 Å². The molecule has 1 aromatic heterocycles. The fourth-order valence-corrected chi connectivity index (χ4v) is 4.11. The van der Waals surface area contributed by atoms with Crippen LogP contribution in [-0.2, 0) is 13.1 Å². The molecule has 0 unspecified atom stereocenters. The summed E-state index contributed by atoms with van der Waals surface area (Å²) < 4.78 is 15.0. The lowest BCUT2D eigenvalue weighted by atomic mass is 9.93. The predicted octanol–water partition coefficient (Wildman–Crippen LogP) is 6.95. The number of nitrogens with one attached hydrogen (secondary N) is 2. The van der Waals surface area contributed by atoms with Gasteiger partial charge in [-0.15, -0.1) is 0 Å². The van der Waals surface area contributed by atoms with Gasteiger partial charge in [-0.3, -0.25) is 4.68 Å². The lowest BCUT2D eigenvalue weighted by molar-refractivity contribution is 0.627. The molecule has 0 atom stereocenters. The summed E-state index contributed by atoms with van der Waals surface area (Å²) in [6, 6.07) is 12.7. The first-order chi connectivity index (χ1) is 17.2. The van der Waals surface area contributed by atoms with Crippen LogP contribution in [0.1, 0.15) is 55.2 Å². The molecule has 6 heteroatoms. The van der Waals surface area contributed by atoms with E-state index in [0.29, 0.717) is 25.2 Å². The summed E-state index contributed by atoms with van der Waals surface area (Å²) in [5.41, 5.74) is 5.64. The van der Waals surface area contributed by atoms with Crippen molar-refractivity contribution in [2.24, 2.45) is 0 Å². The van der Waals surface area contributed by atoms with Crippen molar-refractivity contribution >= 4 is 17.0 Å². The van der Waals surface area contributed by atoms with Crippen LogP contribution in [0.4, 0.5) is 10.1 Å². The average molecular weight is 470 g/mol. The van der Waals surface area contributed by atoms with Crippen molar-refractivity contribution in [1.29, 1.82) is 5.41 Å². The minimum atomic E-state index is -0.232. The van der Waals surface area contributed by atoms with Gasteiger partial charge in [0.1, 0.15) is 18.5 Å². The molecular formula is C29H32FN5. The molecule has 5 nitrogen and oxygen atoms in total. The van der Waals surface area contributed by atoms with Gasteiger partial charge in [-0.2, -0.15) is 5.10 Å². The van der Waals surface area contributed by atoms with Crippen molar-refractivity contribution in [3.63, 3.8) is 0 Å². The number of hydrogen-bond donors (Lipinski definition) is 2. The van der Waals surface area contributed by atoms with E-state index >= 15 is 0 Å². The highest BCUT2D eigenvalue weighted by Gasteiger charge is 2.13. The molecule has 0 radical (unpaired) electrons. The van der Waals surface area contributed by atoms with E-state index in [1.165, 1.54) is 31.3 Å². The Labute approximate surface area is 206 Å². The normalized spacial score (nSPS) is 17.6. The maximum atomic E-state index is 13.3. The fourth-order valence-electron chi connectivity index (χ4n) is 4.11. The van der Waals surface area contributed by atoms with Gasteiger partial charge < -0.3 is 10.7 Å². The molecule has 0 amide bonds. The Morgan fingerprint density at radius 1 is 1.03 bits per heavy atom. The van der Waals surface area contributed by atoms with E-state index in [1.54, 1.807) is 23.1 Å². The van der Waals surface area contributed by atoms with Crippen LogP contribution in [0.5, 0.6) is 0 Å². The van der Waals surface area contributed by atoms with Gasteiger partial charge in [-0.25, -0.2) is 9.37 Å². The Morgan fingerprint density at radius 2 is 1.89 bits per heavy atom. The van der Waals surface area contributed by atoms with Crippen molar-refractivity contribution in [3.05, 3.63) is 108 Å². The van der Waals surface area contributed by atoms with Crippen LogP contribution in [0, 0.1) is 11.2 Å². The second-order valence-electron chi connectivity index (χ2n) is 8.71. The third-order valence-electron chi connectivity index (χ3n) is 6.09. The summed E-state index contributed by atoms with van der Waals surface area (Å²) >= 11 is 0. The Hall–Kier alpha value is -3.80. The lowest BCUT2D eigenvalue weighted by Gasteiger charge is -2.16. The first-order valence-electron chi connectivity index (χ1n) is 12.3. The Balaban J connectivity index is 1.61. The summed E-state index contributed by atoms with van der Waals surface area (Å²) in [5.74, 6) is -0.232. The van der Waals surface area contributed by atoms with Crippen LogP contribution in [0.25, 0.3) is 5.57 Å². The number of nitrogens with zero attached hydrogens (tertiary/aromatic N) is 3. The molecule has 0 aliphatic heterocycles. The molecule has 0 bridgehead atoms. The van der Waals surface area contributed by atoms with Crippen molar-refractivity contribution in [2.75, 3.05) is 5.32 Å². The van der Waals surface area contributed by atoms with Gasteiger partial charge in [0.25, 0.3) is 0 Å². The Morgan fingerprint density at radius 3 is 2.71 bits per heavy atom. The van der Waals surface area contributed by atoms with E-state index in [4.69, 9.17) is 5.41 Å². The van der Waals surface area contributed by atoms with E-state index < -0.39 is 0 Å². The molecule has 1 heterocycles. The number of allylic oxidation sites excluding steroid dienone is 6. The summed E-state index contributed by atoms with van der Waals surface area (Å²) in [5, 5.41) is 16.5. The number of anilines is 1. The van der Waals surface area contributed by atoms with Gasteiger partial charge in [0.15, 0.2) is 0 Å². The largest absolute Gasteiger partial charge is 0.381 e. The molecular weight excluding hydrogens is 437 g/mol. The Kier molecular flexibility index (Phi) is 8.76. The highest BCUT2D eigenvalue weighted by Crippen LogP contribution is 2.28. The van der Waals surface area contributed by atoms with E-state index in [-0.39, 0.29) is 5.82 Å². The van der Waals surface area contributed by atoms with Crippen LogP contribution < -0.4 is 5.32 Å². The SMILES string of the molecule is N=C(CCn1cncn1)c1ccc(NCc2ccc(F)cc2)cc1C1=C\CCCCC/C=C/C=C\1. The number of aromatic nitrogens is 3. The maximum Gasteiger partial charge on any atom is 0.137 e. The van der Waals surface area contributed by atoms with Crippen LogP contribution in [0.2, 0.25) is 0 Å². The highest BCUT2D eigenvalue weighted by molar-refractivity contribution is 6.03. The molecule has 4 rings (SSSR count). The predicted molar refractivity (Wildman–Crippen MR) is 141 cm³/mol. The van der Waals surface area contributed by atoms with Gasteiger partial charge in [0.2, 0.25) is 0 Å². The van der Waals surface area contributed by atoms with Crippen molar-refractivity contribution in [2.45, 2.75) is 51.6 Å².